The lowest BCUT2D eigenvalue weighted by molar-refractivity contribution is 0.573. The summed E-state index contributed by atoms with van der Waals surface area (Å²) in [5, 5.41) is 1.71. The van der Waals surface area contributed by atoms with E-state index in [4.69, 9.17) is 22.3 Å². The molecule has 0 aliphatic heterocycles. The SMILES string of the molecule is NC1CCCc2nc(-c3ccc(Br)cc3Cl)sc21. The molecule has 1 unspecified atom stereocenters. The summed E-state index contributed by atoms with van der Waals surface area (Å²) < 4.78 is 0.981. The zero-order valence-corrected chi connectivity index (χ0v) is 12.8. The molecular formula is C13H12BrClN2S. The van der Waals surface area contributed by atoms with E-state index in [1.54, 1.807) is 11.3 Å². The predicted octanol–water partition coefficient (Wildman–Crippen LogP) is 4.56. The van der Waals surface area contributed by atoms with Crippen LogP contribution in [0.3, 0.4) is 0 Å². The van der Waals surface area contributed by atoms with E-state index in [0.29, 0.717) is 0 Å². The molecule has 2 nitrogen and oxygen atoms in total. The Balaban J connectivity index is 2.07. The van der Waals surface area contributed by atoms with E-state index in [1.165, 1.54) is 4.88 Å². The Morgan fingerprint density at radius 1 is 1.44 bits per heavy atom. The maximum absolute atomic E-state index is 6.27. The van der Waals surface area contributed by atoms with Gasteiger partial charge in [0.25, 0.3) is 0 Å². The van der Waals surface area contributed by atoms with Crippen molar-refractivity contribution in [2.75, 3.05) is 0 Å². The van der Waals surface area contributed by atoms with Gasteiger partial charge in [0.15, 0.2) is 0 Å². The van der Waals surface area contributed by atoms with Gasteiger partial charge < -0.3 is 5.73 Å². The first-order chi connectivity index (χ1) is 8.65. The molecule has 94 valence electrons. The minimum Gasteiger partial charge on any atom is -0.323 e. The number of nitrogens with two attached hydrogens (primary N) is 1. The second-order valence-electron chi connectivity index (χ2n) is 4.45. The van der Waals surface area contributed by atoms with Crippen molar-refractivity contribution in [3.8, 4) is 10.6 Å². The average molecular weight is 344 g/mol. The summed E-state index contributed by atoms with van der Waals surface area (Å²) in [5.74, 6) is 0. The number of benzene rings is 1. The van der Waals surface area contributed by atoms with Crippen molar-refractivity contribution in [2.45, 2.75) is 25.3 Å². The minimum absolute atomic E-state index is 0.147. The van der Waals surface area contributed by atoms with Crippen LogP contribution in [0.25, 0.3) is 10.6 Å². The second kappa shape index (κ2) is 4.93. The van der Waals surface area contributed by atoms with Gasteiger partial charge in [-0.25, -0.2) is 4.98 Å². The highest BCUT2D eigenvalue weighted by molar-refractivity contribution is 9.10. The van der Waals surface area contributed by atoms with Crippen molar-refractivity contribution in [2.24, 2.45) is 5.73 Å². The number of hydrogen-bond acceptors (Lipinski definition) is 3. The summed E-state index contributed by atoms with van der Waals surface area (Å²) in [6.45, 7) is 0. The smallest absolute Gasteiger partial charge is 0.125 e. The predicted molar refractivity (Wildman–Crippen MR) is 80.1 cm³/mol. The van der Waals surface area contributed by atoms with Crippen LogP contribution >= 0.6 is 38.9 Å². The molecule has 0 amide bonds. The molecule has 0 spiro atoms. The van der Waals surface area contributed by atoms with E-state index < -0.39 is 0 Å². The van der Waals surface area contributed by atoms with Gasteiger partial charge in [-0.1, -0.05) is 27.5 Å². The van der Waals surface area contributed by atoms with Gasteiger partial charge in [0.1, 0.15) is 5.01 Å². The van der Waals surface area contributed by atoms with Crippen molar-refractivity contribution in [1.82, 2.24) is 4.98 Å². The number of aromatic nitrogens is 1. The van der Waals surface area contributed by atoms with Crippen molar-refractivity contribution in [1.29, 1.82) is 0 Å². The Kier molecular flexibility index (Phi) is 3.45. The number of nitrogens with zero attached hydrogens (tertiary/aromatic N) is 1. The van der Waals surface area contributed by atoms with Gasteiger partial charge in [-0.05, 0) is 37.5 Å². The minimum atomic E-state index is 0.147. The number of rotatable bonds is 1. The molecule has 0 saturated heterocycles. The van der Waals surface area contributed by atoms with Crippen LogP contribution in [0.1, 0.15) is 29.5 Å². The van der Waals surface area contributed by atoms with E-state index in [-0.39, 0.29) is 6.04 Å². The maximum atomic E-state index is 6.27. The number of halogens is 2. The third-order valence-electron chi connectivity index (χ3n) is 3.15. The van der Waals surface area contributed by atoms with Gasteiger partial charge in [-0.15, -0.1) is 11.3 Å². The van der Waals surface area contributed by atoms with Crippen LogP contribution in [0.15, 0.2) is 22.7 Å². The lowest BCUT2D eigenvalue weighted by atomic mass is 9.99. The second-order valence-corrected chi connectivity index (χ2v) is 6.81. The number of aryl methyl sites for hydroxylation is 1. The molecule has 1 aliphatic carbocycles. The van der Waals surface area contributed by atoms with Crippen molar-refractivity contribution in [3.05, 3.63) is 38.3 Å². The van der Waals surface area contributed by atoms with E-state index in [1.807, 2.05) is 18.2 Å². The first-order valence-electron chi connectivity index (χ1n) is 5.86. The van der Waals surface area contributed by atoms with E-state index in [0.717, 1.165) is 45.0 Å². The normalized spacial score (nSPS) is 18.7. The van der Waals surface area contributed by atoms with Crippen LogP contribution in [0.2, 0.25) is 5.02 Å². The summed E-state index contributed by atoms with van der Waals surface area (Å²) in [6.07, 6.45) is 3.22. The number of fused-ring (bicyclic) bond motifs is 1. The average Bonchev–Trinajstić information content (AvgIpc) is 2.74. The third-order valence-corrected chi connectivity index (χ3v) is 5.22. The van der Waals surface area contributed by atoms with Gasteiger partial charge in [0.05, 0.1) is 10.7 Å². The molecule has 5 heteroatoms. The fraction of sp³-hybridized carbons (Fsp3) is 0.308. The first kappa shape index (κ1) is 12.6. The molecule has 3 rings (SSSR count). The molecular weight excluding hydrogens is 332 g/mol. The van der Waals surface area contributed by atoms with Crippen molar-refractivity contribution >= 4 is 38.9 Å². The summed E-state index contributed by atoms with van der Waals surface area (Å²) in [4.78, 5) is 5.93. The number of thiazole rings is 1. The molecule has 1 heterocycles. The van der Waals surface area contributed by atoms with Gasteiger partial charge in [0, 0.05) is 21.0 Å². The Hall–Kier alpha value is -0.420. The summed E-state index contributed by atoms with van der Waals surface area (Å²) >= 11 is 11.4. The summed E-state index contributed by atoms with van der Waals surface area (Å²) in [5.41, 5.74) is 8.28. The molecule has 0 bridgehead atoms. The monoisotopic (exact) mass is 342 g/mol. The molecule has 0 radical (unpaired) electrons. The molecule has 1 atom stereocenters. The third kappa shape index (κ3) is 2.23. The standard InChI is InChI=1S/C13H12BrClN2S/c14-7-4-5-8(9(15)6-7)13-17-11-3-1-2-10(16)12(11)18-13/h4-6,10H,1-3,16H2. The largest absolute Gasteiger partial charge is 0.323 e. The Morgan fingerprint density at radius 2 is 2.28 bits per heavy atom. The van der Waals surface area contributed by atoms with Gasteiger partial charge in [0.2, 0.25) is 0 Å². The van der Waals surface area contributed by atoms with Gasteiger partial charge in [-0.2, -0.15) is 0 Å². The number of hydrogen-bond donors (Lipinski definition) is 1. The summed E-state index contributed by atoms with van der Waals surface area (Å²) in [7, 11) is 0. The quantitative estimate of drug-likeness (QED) is 0.824. The molecule has 2 N–H and O–H groups in total. The van der Waals surface area contributed by atoms with Crippen LogP contribution in [0.5, 0.6) is 0 Å². The topological polar surface area (TPSA) is 38.9 Å². The Morgan fingerprint density at radius 3 is 3.00 bits per heavy atom. The van der Waals surface area contributed by atoms with E-state index in [2.05, 4.69) is 15.9 Å². The Bertz CT molecular complexity index is 597. The van der Waals surface area contributed by atoms with Crippen LogP contribution in [-0.4, -0.2) is 4.98 Å². The highest BCUT2D eigenvalue weighted by Gasteiger charge is 2.22. The summed E-state index contributed by atoms with van der Waals surface area (Å²) in [6, 6.07) is 6.04. The molecule has 1 aromatic heterocycles. The molecule has 0 saturated carbocycles. The zero-order valence-electron chi connectivity index (χ0n) is 9.62. The maximum Gasteiger partial charge on any atom is 0.125 e. The van der Waals surface area contributed by atoms with Crippen molar-refractivity contribution < 1.29 is 0 Å². The van der Waals surface area contributed by atoms with Gasteiger partial charge in [-0.3, -0.25) is 0 Å². The highest BCUT2D eigenvalue weighted by Crippen LogP contribution is 2.39. The van der Waals surface area contributed by atoms with Crippen LogP contribution in [-0.2, 0) is 6.42 Å². The van der Waals surface area contributed by atoms with E-state index >= 15 is 0 Å². The lowest BCUT2D eigenvalue weighted by Crippen LogP contribution is -2.15. The van der Waals surface area contributed by atoms with Gasteiger partial charge >= 0.3 is 0 Å². The Labute approximate surface area is 123 Å². The zero-order chi connectivity index (χ0) is 12.7. The molecule has 0 fully saturated rings. The van der Waals surface area contributed by atoms with E-state index in [9.17, 15) is 0 Å². The van der Waals surface area contributed by atoms with Crippen LogP contribution in [0, 0.1) is 0 Å². The molecule has 1 aliphatic rings. The fourth-order valence-electron chi connectivity index (χ4n) is 2.23. The van der Waals surface area contributed by atoms with Crippen LogP contribution < -0.4 is 5.73 Å². The molecule has 2 aromatic rings. The van der Waals surface area contributed by atoms with Crippen LogP contribution in [0.4, 0.5) is 0 Å². The molecule has 18 heavy (non-hydrogen) atoms. The first-order valence-corrected chi connectivity index (χ1v) is 7.84. The van der Waals surface area contributed by atoms with Crippen molar-refractivity contribution in [3.63, 3.8) is 0 Å². The highest BCUT2D eigenvalue weighted by atomic mass is 79.9. The fourth-order valence-corrected chi connectivity index (χ4v) is 4.24. The molecule has 1 aromatic carbocycles. The lowest BCUT2D eigenvalue weighted by Gasteiger charge is -2.15.